The second-order valence-corrected chi connectivity index (χ2v) is 4.92. The van der Waals surface area contributed by atoms with Gasteiger partial charge in [-0.25, -0.2) is 4.79 Å². The molecule has 0 saturated carbocycles. The fraction of sp³-hybridized carbons (Fsp3) is 0.357. The molecule has 0 fully saturated rings. The van der Waals surface area contributed by atoms with Crippen LogP contribution in [-0.2, 0) is 10.5 Å². The Labute approximate surface area is 107 Å². The molecule has 2 nitrogen and oxygen atoms in total. The molecule has 0 aliphatic carbocycles. The average Bonchev–Trinajstić information content (AvgIpc) is 2.28. The molecule has 0 bridgehead atoms. The molecule has 92 valence electrons. The lowest BCUT2D eigenvalue weighted by Gasteiger charge is -2.02. The fourth-order valence-electron chi connectivity index (χ4n) is 1.52. The number of hydrogen-bond donors (Lipinski definition) is 1. The summed E-state index contributed by atoms with van der Waals surface area (Å²) in [6.45, 7) is 3.94. The molecule has 1 N–H and O–H groups in total. The smallest absolute Gasteiger partial charge is 0.331 e. The van der Waals surface area contributed by atoms with Gasteiger partial charge >= 0.3 is 5.97 Å². The van der Waals surface area contributed by atoms with E-state index in [9.17, 15) is 4.79 Å². The van der Waals surface area contributed by atoms with Gasteiger partial charge in [-0.05, 0) is 18.9 Å². The molecule has 0 amide bonds. The van der Waals surface area contributed by atoms with Crippen LogP contribution in [0.1, 0.15) is 24.5 Å². The molecular formula is C14H18O2S. The molecule has 0 unspecified atom stereocenters. The van der Waals surface area contributed by atoms with Crippen molar-refractivity contribution in [1.82, 2.24) is 0 Å². The number of carboxylic acid groups (broad SMARTS) is 1. The van der Waals surface area contributed by atoms with Crippen LogP contribution in [0.4, 0.5) is 0 Å². The molecule has 1 aromatic rings. The Morgan fingerprint density at radius 3 is 2.82 bits per heavy atom. The topological polar surface area (TPSA) is 37.3 Å². The van der Waals surface area contributed by atoms with Crippen molar-refractivity contribution in [3.63, 3.8) is 0 Å². The Balaban J connectivity index is 2.40. The number of carboxylic acids is 1. The number of benzene rings is 1. The van der Waals surface area contributed by atoms with Crippen molar-refractivity contribution >= 4 is 17.7 Å². The predicted octanol–water partition coefficient (Wildman–Crippen LogP) is 3.65. The number of aryl methyl sites for hydroxylation is 1. The largest absolute Gasteiger partial charge is 0.478 e. The van der Waals surface area contributed by atoms with E-state index in [1.807, 2.05) is 13.0 Å². The molecule has 3 heteroatoms. The summed E-state index contributed by atoms with van der Waals surface area (Å²) in [5.41, 5.74) is 3.05. The molecule has 17 heavy (non-hydrogen) atoms. The van der Waals surface area contributed by atoms with Crippen LogP contribution in [0.3, 0.4) is 0 Å². The zero-order valence-corrected chi connectivity index (χ0v) is 11.1. The van der Waals surface area contributed by atoms with E-state index in [1.165, 1.54) is 11.1 Å². The molecule has 0 saturated heterocycles. The highest BCUT2D eigenvalue weighted by atomic mass is 32.2. The van der Waals surface area contributed by atoms with Crippen LogP contribution >= 0.6 is 11.8 Å². The van der Waals surface area contributed by atoms with Crippen LogP contribution in [0.25, 0.3) is 0 Å². The normalized spacial score (nSPS) is 11.5. The van der Waals surface area contributed by atoms with Crippen LogP contribution in [0.5, 0.6) is 0 Å². The van der Waals surface area contributed by atoms with Crippen LogP contribution in [-0.4, -0.2) is 16.8 Å². The second kappa shape index (κ2) is 7.17. The summed E-state index contributed by atoms with van der Waals surface area (Å²) in [6.07, 6.45) is 2.39. The maximum Gasteiger partial charge on any atom is 0.331 e. The number of aliphatic carboxylic acids is 1. The minimum absolute atomic E-state index is 0.502. The number of thioether (sulfide) groups is 1. The molecule has 0 aromatic heterocycles. The van der Waals surface area contributed by atoms with Gasteiger partial charge in [-0.3, -0.25) is 0 Å². The predicted molar refractivity (Wildman–Crippen MR) is 73.4 cm³/mol. The lowest BCUT2D eigenvalue weighted by Crippen LogP contribution is -1.99. The average molecular weight is 250 g/mol. The van der Waals surface area contributed by atoms with Gasteiger partial charge in [-0.1, -0.05) is 42.8 Å². The molecule has 0 radical (unpaired) electrons. The minimum Gasteiger partial charge on any atom is -0.478 e. The Morgan fingerprint density at radius 2 is 2.24 bits per heavy atom. The Bertz CT molecular complexity index is 410. The molecule has 1 rings (SSSR count). The van der Waals surface area contributed by atoms with Crippen LogP contribution in [0, 0.1) is 6.92 Å². The van der Waals surface area contributed by atoms with Crippen molar-refractivity contribution in [2.24, 2.45) is 0 Å². The first kappa shape index (κ1) is 13.8. The summed E-state index contributed by atoms with van der Waals surface area (Å²) in [4.78, 5) is 10.8. The van der Waals surface area contributed by atoms with E-state index in [4.69, 9.17) is 5.11 Å². The molecule has 0 aliphatic heterocycles. The molecule has 0 heterocycles. The van der Waals surface area contributed by atoms with Crippen molar-refractivity contribution in [2.75, 3.05) is 5.75 Å². The van der Waals surface area contributed by atoms with E-state index >= 15 is 0 Å². The minimum atomic E-state index is -0.802. The van der Waals surface area contributed by atoms with Crippen LogP contribution < -0.4 is 0 Å². The highest BCUT2D eigenvalue weighted by Gasteiger charge is 2.02. The molecule has 0 spiro atoms. The van der Waals surface area contributed by atoms with Gasteiger partial charge in [0.25, 0.3) is 0 Å². The third-order valence-electron chi connectivity index (χ3n) is 2.45. The Kier molecular flexibility index (Phi) is 5.84. The van der Waals surface area contributed by atoms with Crippen LogP contribution in [0.2, 0.25) is 0 Å². The van der Waals surface area contributed by atoms with Gasteiger partial charge in [0, 0.05) is 17.1 Å². The number of rotatable bonds is 6. The van der Waals surface area contributed by atoms with Gasteiger partial charge in [0.05, 0.1) is 0 Å². The van der Waals surface area contributed by atoms with E-state index in [2.05, 4.69) is 31.2 Å². The summed E-state index contributed by atoms with van der Waals surface area (Å²) in [5.74, 6) is 0.877. The zero-order valence-electron chi connectivity index (χ0n) is 10.3. The maximum absolute atomic E-state index is 10.8. The quantitative estimate of drug-likeness (QED) is 0.618. The molecular weight excluding hydrogens is 232 g/mol. The first-order chi connectivity index (χ1) is 8.13. The summed E-state index contributed by atoms with van der Waals surface area (Å²) >= 11 is 1.74. The maximum atomic E-state index is 10.8. The molecule has 1 aromatic carbocycles. The second-order valence-electron chi connectivity index (χ2n) is 3.89. The van der Waals surface area contributed by atoms with E-state index in [0.717, 1.165) is 11.5 Å². The Hall–Kier alpha value is -1.22. The summed E-state index contributed by atoms with van der Waals surface area (Å²) in [5, 5.41) is 8.85. The van der Waals surface area contributed by atoms with Crippen molar-refractivity contribution in [3.05, 3.63) is 47.0 Å². The Morgan fingerprint density at radius 1 is 1.47 bits per heavy atom. The lowest BCUT2D eigenvalue weighted by atomic mass is 10.2. The van der Waals surface area contributed by atoms with E-state index in [-0.39, 0.29) is 0 Å². The lowest BCUT2D eigenvalue weighted by molar-refractivity contribution is -0.132. The highest BCUT2D eigenvalue weighted by Crippen LogP contribution is 2.14. The first-order valence-corrected chi connectivity index (χ1v) is 6.84. The highest BCUT2D eigenvalue weighted by molar-refractivity contribution is 7.98. The van der Waals surface area contributed by atoms with E-state index < -0.39 is 5.97 Å². The van der Waals surface area contributed by atoms with Gasteiger partial charge < -0.3 is 5.11 Å². The fourth-order valence-corrected chi connectivity index (χ4v) is 2.37. The third kappa shape index (κ3) is 5.09. The van der Waals surface area contributed by atoms with Crippen molar-refractivity contribution < 1.29 is 9.90 Å². The van der Waals surface area contributed by atoms with E-state index in [1.54, 1.807) is 11.8 Å². The van der Waals surface area contributed by atoms with Gasteiger partial charge in [0.1, 0.15) is 0 Å². The van der Waals surface area contributed by atoms with Gasteiger partial charge in [0.2, 0.25) is 0 Å². The summed E-state index contributed by atoms with van der Waals surface area (Å²) in [6, 6.07) is 8.39. The zero-order chi connectivity index (χ0) is 12.7. The number of hydrogen-bond acceptors (Lipinski definition) is 2. The standard InChI is InChI=1S/C14H18O2S/c1-3-13(14(15)16)7-8-17-10-12-6-4-5-11(2)9-12/h4-7,9H,3,8,10H2,1-2H3,(H,15,16). The molecule has 0 atom stereocenters. The monoisotopic (exact) mass is 250 g/mol. The summed E-state index contributed by atoms with van der Waals surface area (Å²) < 4.78 is 0. The molecule has 0 aliphatic rings. The van der Waals surface area contributed by atoms with Crippen molar-refractivity contribution in [3.8, 4) is 0 Å². The van der Waals surface area contributed by atoms with Crippen molar-refractivity contribution in [1.29, 1.82) is 0 Å². The SMILES string of the molecule is CCC(=CCSCc1cccc(C)c1)C(=O)O. The van der Waals surface area contributed by atoms with Crippen molar-refractivity contribution in [2.45, 2.75) is 26.0 Å². The van der Waals surface area contributed by atoms with Gasteiger partial charge in [-0.15, -0.1) is 0 Å². The van der Waals surface area contributed by atoms with Gasteiger partial charge in [0.15, 0.2) is 0 Å². The third-order valence-corrected chi connectivity index (χ3v) is 3.39. The summed E-state index contributed by atoms with van der Waals surface area (Å²) in [7, 11) is 0. The van der Waals surface area contributed by atoms with Crippen LogP contribution in [0.15, 0.2) is 35.9 Å². The van der Waals surface area contributed by atoms with E-state index in [0.29, 0.717) is 12.0 Å². The number of carbonyl (C=O) groups is 1. The van der Waals surface area contributed by atoms with Gasteiger partial charge in [-0.2, -0.15) is 11.8 Å². The first-order valence-electron chi connectivity index (χ1n) is 5.69.